The van der Waals surface area contributed by atoms with Gasteiger partial charge >= 0.3 is 0 Å². The lowest BCUT2D eigenvalue weighted by molar-refractivity contribution is 0.572. The van der Waals surface area contributed by atoms with Gasteiger partial charge in [0.2, 0.25) is 10.0 Å². The van der Waals surface area contributed by atoms with E-state index in [0.717, 1.165) is 10.8 Å². The van der Waals surface area contributed by atoms with E-state index in [1.54, 1.807) is 13.8 Å². The molecule has 0 spiro atoms. The van der Waals surface area contributed by atoms with Crippen LogP contribution in [0.25, 0.3) is 0 Å². The van der Waals surface area contributed by atoms with Crippen LogP contribution in [0, 0.1) is 0 Å². The van der Waals surface area contributed by atoms with Crippen LogP contribution in [-0.4, -0.2) is 24.6 Å². The Morgan fingerprint density at radius 1 is 1.45 bits per heavy atom. The van der Waals surface area contributed by atoms with E-state index in [1.807, 2.05) is 0 Å². The van der Waals surface area contributed by atoms with Gasteiger partial charge in [-0.2, -0.15) is 0 Å². The highest BCUT2D eigenvalue weighted by Gasteiger charge is 2.13. The lowest BCUT2D eigenvalue weighted by Gasteiger charge is -2.07. The van der Waals surface area contributed by atoms with Crippen LogP contribution in [0.5, 0.6) is 0 Å². The molecule has 0 bridgehead atoms. The van der Waals surface area contributed by atoms with Gasteiger partial charge in [0.25, 0.3) is 0 Å². The fourth-order valence-electron chi connectivity index (χ4n) is 0.448. The summed E-state index contributed by atoms with van der Waals surface area (Å²) in [5.41, 5.74) is 0. The molecule has 5 heteroatoms. The molecule has 0 aromatic heterocycles. The molecule has 0 aliphatic heterocycles. The van der Waals surface area contributed by atoms with Crippen molar-refractivity contribution < 1.29 is 8.42 Å². The second-order valence-corrected chi connectivity index (χ2v) is 5.93. The van der Waals surface area contributed by atoms with Crippen LogP contribution in [0.1, 0.15) is 20.3 Å². The van der Waals surface area contributed by atoms with Crippen LogP contribution in [0.4, 0.5) is 0 Å². The van der Waals surface area contributed by atoms with Crippen LogP contribution < -0.4 is 4.72 Å². The molecule has 1 N–H and O–H groups in total. The Balaban J connectivity index is 3.75. The van der Waals surface area contributed by atoms with Crippen LogP contribution in [-0.2, 0) is 10.0 Å². The first kappa shape index (κ1) is 11.6. The monoisotopic (exact) mass is 291 g/mol. The van der Waals surface area contributed by atoms with E-state index in [9.17, 15) is 8.42 Å². The van der Waals surface area contributed by atoms with Crippen molar-refractivity contribution in [3.05, 3.63) is 0 Å². The van der Waals surface area contributed by atoms with Gasteiger partial charge in [0, 0.05) is 11.0 Å². The fourth-order valence-corrected chi connectivity index (χ4v) is 1.59. The van der Waals surface area contributed by atoms with Crippen LogP contribution in [0.15, 0.2) is 0 Å². The average molecular weight is 291 g/mol. The Hall–Kier alpha value is 0.640. The number of rotatable bonds is 5. The first-order valence-electron chi connectivity index (χ1n) is 3.55. The van der Waals surface area contributed by atoms with Crippen molar-refractivity contribution >= 4 is 32.6 Å². The van der Waals surface area contributed by atoms with Gasteiger partial charge in [-0.1, -0.05) is 22.6 Å². The van der Waals surface area contributed by atoms with Gasteiger partial charge in [0.05, 0.1) is 5.25 Å². The van der Waals surface area contributed by atoms with Gasteiger partial charge in [-0.3, -0.25) is 0 Å². The zero-order valence-electron chi connectivity index (χ0n) is 6.80. The molecule has 0 aliphatic carbocycles. The van der Waals surface area contributed by atoms with Gasteiger partial charge in [-0.25, -0.2) is 13.1 Å². The Morgan fingerprint density at radius 2 is 2.00 bits per heavy atom. The van der Waals surface area contributed by atoms with Gasteiger partial charge in [-0.05, 0) is 20.3 Å². The molecular weight excluding hydrogens is 277 g/mol. The fraction of sp³-hybridized carbons (Fsp3) is 1.00. The smallest absolute Gasteiger partial charge is 0.213 e. The molecule has 0 aromatic carbocycles. The normalized spacial score (nSPS) is 12.4. The molecule has 0 heterocycles. The molecule has 0 unspecified atom stereocenters. The zero-order valence-corrected chi connectivity index (χ0v) is 9.78. The summed E-state index contributed by atoms with van der Waals surface area (Å²) in [7, 11) is -3.02. The quantitative estimate of drug-likeness (QED) is 0.469. The number of alkyl halides is 1. The van der Waals surface area contributed by atoms with Gasteiger partial charge in [-0.15, -0.1) is 0 Å². The number of hydrogen-bond donors (Lipinski definition) is 1. The Labute approximate surface area is 82.1 Å². The molecule has 0 fully saturated rings. The third-order valence-corrected chi connectivity index (χ3v) is 3.84. The molecule has 0 radical (unpaired) electrons. The van der Waals surface area contributed by atoms with Gasteiger partial charge in [0.15, 0.2) is 0 Å². The highest BCUT2D eigenvalue weighted by atomic mass is 127. The minimum absolute atomic E-state index is 0.322. The summed E-state index contributed by atoms with van der Waals surface area (Å²) in [4.78, 5) is 0. The van der Waals surface area contributed by atoms with Crippen molar-refractivity contribution in [1.29, 1.82) is 0 Å². The molecule has 0 saturated carbocycles. The molecule has 0 amide bonds. The maximum absolute atomic E-state index is 11.1. The van der Waals surface area contributed by atoms with E-state index in [1.165, 1.54) is 0 Å². The van der Waals surface area contributed by atoms with Crippen molar-refractivity contribution in [1.82, 2.24) is 4.72 Å². The summed E-state index contributed by atoms with van der Waals surface area (Å²) in [6.45, 7) is 3.90. The maximum Gasteiger partial charge on any atom is 0.213 e. The van der Waals surface area contributed by atoms with E-state index < -0.39 is 10.0 Å². The van der Waals surface area contributed by atoms with Crippen molar-refractivity contribution in [3.8, 4) is 0 Å². The van der Waals surface area contributed by atoms with E-state index in [0.29, 0.717) is 6.54 Å². The first-order chi connectivity index (χ1) is 5.00. The van der Waals surface area contributed by atoms with Crippen LogP contribution in [0.2, 0.25) is 0 Å². The largest absolute Gasteiger partial charge is 0.215 e. The number of nitrogens with one attached hydrogen (secondary N) is 1. The number of sulfonamides is 1. The molecule has 3 nitrogen and oxygen atoms in total. The molecule has 0 rings (SSSR count). The number of halogens is 1. The molecule has 11 heavy (non-hydrogen) atoms. The lowest BCUT2D eigenvalue weighted by atomic mass is 10.5. The highest BCUT2D eigenvalue weighted by molar-refractivity contribution is 14.1. The third-order valence-electron chi connectivity index (χ3n) is 1.23. The topological polar surface area (TPSA) is 46.2 Å². The summed E-state index contributed by atoms with van der Waals surface area (Å²) >= 11 is 2.22. The summed E-state index contributed by atoms with van der Waals surface area (Å²) in [5.74, 6) is 0. The predicted octanol–water partition coefficient (Wildman–Crippen LogP) is 1.14. The zero-order chi connectivity index (χ0) is 8.91. The van der Waals surface area contributed by atoms with E-state index in [-0.39, 0.29) is 5.25 Å². The van der Waals surface area contributed by atoms with E-state index in [2.05, 4.69) is 27.3 Å². The van der Waals surface area contributed by atoms with Crippen LogP contribution >= 0.6 is 22.6 Å². The van der Waals surface area contributed by atoms with Gasteiger partial charge < -0.3 is 0 Å². The standard InChI is InChI=1S/C6H14INO2S/c1-6(2)11(9,10)8-5-3-4-7/h6,8H,3-5H2,1-2H3. The summed E-state index contributed by atoms with van der Waals surface area (Å²) in [5, 5.41) is -0.322. The second-order valence-electron chi connectivity index (χ2n) is 2.53. The highest BCUT2D eigenvalue weighted by Crippen LogP contribution is 1.96. The minimum Gasteiger partial charge on any atom is -0.215 e. The molecule has 0 aromatic rings. The average Bonchev–Trinajstić information content (AvgIpc) is 1.88. The molecule has 0 atom stereocenters. The van der Waals surface area contributed by atoms with Crippen molar-refractivity contribution in [2.24, 2.45) is 0 Å². The Morgan fingerprint density at radius 3 is 2.36 bits per heavy atom. The molecule has 0 saturated heterocycles. The summed E-state index contributed by atoms with van der Waals surface area (Å²) < 4.78 is 25.7. The lowest BCUT2D eigenvalue weighted by Crippen LogP contribution is -2.31. The maximum atomic E-state index is 11.1. The molecule has 68 valence electrons. The van der Waals surface area contributed by atoms with Crippen molar-refractivity contribution in [2.45, 2.75) is 25.5 Å². The van der Waals surface area contributed by atoms with E-state index >= 15 is 0 Å². The van der Waals surface area contributed by atoms with Gasteiger partial charge in [0.1, 0.15) is 0 Å². The third kappa shape index (κ3) is 4.97. The van der Waals surface area contributed by atoms with E-state index in [4.69, 9.17) is 0 Å². The Kier molecular flexibility index (Phi) is 5.62. The molecule has 0 aliphatic rings. The SMILES string of the molecule is CC(C)S(=O)(=O)NCCCI. The summed E-state index contributed by atoms with van der Waals surface area (Å²) in [6, 6.07) is 0. The van der Waals surface area contributed by atoms with Crippen molar-refractivity contribution in [3.63, 3.8) is 0 Å². The molecular formula is C6H14INO2S. The predicted molar refractivity (Wildman–Crippen MR) is 55.6 cm³/mol. The Bertz CT molecular complexity index is 189. The number of hydrogen-bond acceptors (Lipinski definition) is 2. The minimum atomic E-state index is -3.02. The summed E-state index contributed by atoms with van der Waals surface area (Å²) in [6.07, 6.45) is 0.895. The second kappa shape index (κ2) is 5.31. The van der Waals surface area contributed by atoms with Crippen molar-refractivity contribution in [2.75, 3.05) is 11.0 Å². The van der Waals surface area contributed by atoms with Crippen LogP contribution in [0.3, 0.4) is 0 Å². The first-order valence-corrected chi connectivity index (χ1v) is 6.62.